The van der Waals surface area contributed by atoms with Gasteiger partial charge in [-0.1, -0.05) is 48.5 Å². The summed E-state index contributed by atoms with van der Waals surface area (Å²) in [6.45, 7) is 0.554. The molecule has 0 aliphatic heterocycles. The predicted molar refractivity (Wildman–Crippen MR) is 82.7 cm³/mol. The fourth-order valence-electron chi connectivity index (χ4n) is 1.89. The second kappa shape index (κ2) is 7.68. The van der Waals surface area contributed by atoms with Crippen LogP contribution in [0.1, 0.15) is 11.1 Å². The van der Waals surface area contributed by atoms with Crippen molar-refractivity contribution < 1.29 is 9.53 Å². The summed E-state index contributed by atoms with van der Waals surface area (Å²) in [5.41, 5.74) is 9.91. The predicted octanol–water partition coefficient (Wildman–Crippen LogP) is 2.95. The first-order valence-corrected chi connectivity index (χ1v) is 6.18. The van der Waals surface area contributed by atoms with Gasteiger partial charge in [0.2, 0.25) is 0 Å². The second-order valence-corrected chi connectivity index (χ2v) is 4.35. The standard InChI is InChI=1S/C16H17NO2.ClH/c1-19-16(18)10-12-2-6-14(7-3-12)15-8-4-13(11-17)5-9-15;/h2-9H,10-11,17H2,1H3;1H. The molecule has 0 radical (unpaired) electrons. The van der Waals surface area contributed by atoms with Gasteiger partial charge in [-0.2, -0.15) is 0 Å². The van der Waals surface area contributed by atoms with Gasteiger partial charge in [-0.25, -0.2) is 0 Å². The zero-order chi connectivity index (χ0) is 13.7. The van der Waals surface area contributed by atoms with Gasteiger partial charge in [0.15, 0.2) is 0 Å². The molecule has 0 saturated carbocycles. The van der Waals surface area contributed by atoms with E-state index >= 15 is 0 Å². The molecule has 3 nitrogen and oxygen atoms in total. The molecule has 20 heavy (non-hydrogen) atoms. The average Bonchev–Trinajstić information content (AvgIpc) is 2.48. The van der Waals surface area contributed by atoms with Crippen LogP contribution in [0, 0.1) is 0 Å². The number of nitrogens with two attached hydrogens (primary N) is 1. The van der Waals surface area contributed by atoms with Gasteiger partial charge in [0.05, 0.1) is 13.5 Å². The number of esters is 1. The van der Waals surface area contributed by atoms with Crippen molar-refractivity contribution in [3.63, 3.8) is 0 Å². The van der Waals surface area contributed by atoms with E-state index in [2.05, 4.69) is 16.9 Å². The Balaban J connectivity index is 0.00000200. The Morgan fingerprint density at radius 1 is 0.950 bits per heavy atom. The number of halogens is 1. The van der Waals surface area contributed by atoms with Crippen LogP contribution < -0.4 is 5.73 Å². The number of rotatable bonds is 4. The molecule has 0 spiro atoms. The molecule has 106 valence electrons. The summed E-state index contributed by atoms with van der Waals surface area (Å²) >= 11 is 0. The third kappa shape index (κ3) is 4.08. The number of hydrogen-bond acceptors (Lipinski definition) is 3. The Kier molecular flexibility index (Phi) is 6.22. The minimum atomic E-state index is -0.222. The van der Waals surface area contributed by atoms with Crippen LogP contribution in [0.5, 0.6) is 0 Å². The molecule has 0 unspecified atom stereocenters. The summed E-state index contributed by atoms with van der Waals surface area (Å²) in [6, 6.07) is 16.1. The van der Waals surface area contributed by atoms with Crippen LogP contribution in [0.3, 0.4) is 0 Å². The molecule has 2 aromatic carbocycles. The molecule has 2 aromatic rings. The van der Waals surface area contributed by atoms with Gasteiger partial charge in [-0.05, 0) is 22.3 Å². The summed E-state index contributed by atoms with van der Waals surface area (Å²) in [7, 11) is 1.40. The zero-order valence-corrected chi connectivity index (χ0v) is 12.2. The summed E-state index contributed by atoms with van der Waals surface area (Å²) in [5, 5.41) is 0. The van der Waals surface area contributed by atoms with Crippen LogP contribution >= 0.6 is 12.4 Å². The van der Waals surface area contributed by atoms with E-state index in [9.17, 15) is 4.79 Å². The number of carbonyl (C=O) groups excluding carboxylic acids is 1. The lowest BCUT2D eigenvalue weighted by Crippen LogP contribution is -2.04. The van der Waals surface area contributed by atoms with E-state index in [0.29, 0.717) is 13.0 Å². The molecule has 0 amide bonds. The summed E-state index contributed by atoms with van der Waals surface area (Å²) < 4.78 is 4.64. The van der Waals surface area contributed by atoms with Crippen LogP contribution in [0.25, 0.3) is 11.1 Å². The second-order valence-electron chi connectivity index (χ2n) is 4.35. The fourth-order valence-corrected chi connectivity index (χ4v) is 1.89. The quantitative estimate of drug-likeness (QED) is 0.881. The van der Waals surface area contributed by atoms with Crippen LogP contribution in [-0.2, 0) is 22.5 Å². The first-order valence-electron chi connectivity index (χ1n) is 6.18. The summed E-state index contributed by atoms with van der Waals surface area (Å²) in [4.78, 5) is 11.2. The van der Waals surface area contributed by atoms with Crippen molar-refractivity contribution in [2.45, 2.75) is 13.0 Å². The fraction of sp³-hybridized carbons (Fsp3) is 0.188. The lowest BCUT2D eigenvalue weighted by molar-refractivity contribution is -0.139. The van der Waals surface area contributed by atoms with Gasteiger partial charge >= 0.3 is 5.97 Å². The van der Waals surface area contributed by atoms with Crippen molar-refractivity contribution in [1.82, 2.24) is 0 Å². The Hall–Kier alpha value is -1.84. The van der Waals surface area contributed by atoms with Crippen molar-refractivity contribution in [2.75, 3.05) is 7.11 Å². The number of carbonyl (C=O) groups is 1. The Morgan fingerprint density at radius 3 is 1.80 bits per heavy atom. The van der Waals surface area contributed by atoms with E-state index in [-0.39, 0.29) is 18.4 Å². The average molecular weight is 292 g/mol. The number of benzene rings is 2. The minimum absolute atomic E-state index is 0. The third-order valence-corrected chi connectivity index (χ3v) is 3.05. The summed E-state index contributed by atoms with van der Waals surface area (Å²) in [6.07, 6.45) is 0.308. The van der Waals surface area contributed by atoms with E-state index < -0.39 is 0 Å². The maximum atomic E-state index is 11.2. The largest absolute Gasteiger partial charge is 0.469 e. The number of ether oxygens (including phenoxy) is 1. The zero-order valence-electron chi connectivity index (χ0n) is 11.3. The minimum Gasteiger partial charge on any atom is -0.469 e. The van der Waals surface area contributed by atoms with E-state index in [1.165, 1.54) is 7.11 Å². The normalized spacial score (nSPS) is 9.70. The third-order valence-electron chi connectivity index (χ3n) is 3.05. The van der Waals surface area contributed by atoms with Crippen LogP contribution in [0.2, 0.25) is 0 Å². The lowest BCUT2D eigenvalue weighted by Gasteiger charge is -2.05. The number of methoxy groups -OCH3 is 1. The van der Waals surface area contributed by atoms with Gasteiger partial charge in [-0.3, -0.25) is 4.79 Å². The molecular weight excluding hydrogens is 274 g/mol. The highest BCUT2D eigenvalue weighted by atomic mass is 35.5. The molecule has 2 rings (SSSR count). The van der Waals surface area contributed by atoms with E-state index in [4.69, 9.17) is 5.73 Å². The topological polar surface area (TPSA) is 52.3 Å². The van der Waals surface area contributed by atoms with E-state index in [1.807, 2.05) is 36.4 Å². The molecule has 0 aliphatic carbocycles. The number of hydrogen-bond donors (Lipinski definition) is 1. The molecule has 4 heteroatoms. The van der Waals surface area contributed by atoms with Crippen LogP contribution in [0.4, 0.5) is 0 Å². The van der Waals surface area contributed by atoms with Gasteiger partial charge < -0.3 is 10.5 Å². The van der Waals surface area contributed by atoms with Gasteiger partial charge in [0.1, 0.15) is 0 Å². The van der Waals surface area contributed by atoms with E-state index in [1.54, 1.807) is 0 Å². The molecule has 0 bridgehead atoms. The lowest BCUT2D eigenvalue weighted by atomic mass is 10.0. The highest BCUT2D eigenvalue weighted by molar-refractivity contribution is 5.85. The Morgan fingerprint density at radius 2 is 1.40 bits per heavy atom. The van der Waals surface area contributed by atoms with Gasteiger partial charge in [0, 0.05) is 6.54 Å². The molecule has 0 fully saturated rings. The molecule has 0 saturated heterocycles. The Bertz CT molecular complexity index is 550. The molecule has 0 heterocycles. The highest BCUT2D eigenvalue weighted by Gasteiger charge is 2.03. The maximum absolute atomic E-state index is 11.2. The van der Waals surface area contributed by atoms with Gasteiger partial charge in [0.25, 0.3) is 0 Å². The van der Waals surface area contributed by atoms with Crippen molar-refractivity contribution >= 4 is 18.4 Å². The molecule has 2 N–H and O–H groups in total. The monoisotopic (exact) mass is 291 g/mol. The Labute approximate surface area is 125 Å². The first-order chi connectivity index (χ1) is 9.22. The molecule has 0 aromatic heterocycles. The van der Waals surface area contributed by atoms with Crippen molar-refractivity contribution in [1.29, 1.82) is 0 Å². The van der Waals surface area contributed by atoms with Gasteiger partial charge in [-0.15, -0.1) is 12.4 Å². The molecule has 0 atom stereocenters. The smallest absolute Gasteiger partial charge is 0.309 e. The van der Waals surface area contributed by atoms with Crippen molar-refractivity contribution in [2.24, 2.45) is 5.73 Å². The SMILES string of the molecule is COC(=O)Cc1ccc(-c2ccc(CN)cc2)cc1.Cl. The highest BCUT2D eigenvalue weighted by Crippen LogP contribution is 2.20. The first kappa shape index (κ1) is 16.2. The van der Waals surface area contributed by atoms with Crippen LogP contribution in [0.15, 0.2) is 48.5 Å². The van der Waals surface area contributed by atoms with E-state index in [0.717, 1.165) is 22.3 Å². The van der Waals surface area contributed by atoms with Crippen molar-refractivity contribution in [3.8, 4) is 11.1 Å². The molecule has 0 aliphatic rings. The van der Waals surface area contributed by atoms with Crippen molar-refractivity contribution in [3.05, 3.63) is 59.7 Å². The maximum Gasteiger partial charge on any atom is 0.309 e. The summed E-state index contributed by atoms with van der Waals surface area (Å²) in [5.74, 6) is -0.222. The van der Waals surface area contributed by atoms with Crippen LogP contribution in [-0.4, -0.2) is 13.1 Å². The molecular formula is C16H18ClNO2.